The molecule has 3 rings (SSSR count). The Hall–Kier alpha value is -4.40. The number of nitrogens with two attached hydrogens (primary N) is 1. The van der Waals surface area contributed by atoms with Crippen molar-refractivity contribution in [3.63, 3.8) is 0 Å². The minimum atomic E-state index is -0.349. The van der Waals surface area contributed by atoms with Crippen molar-refractivity contribution in [1.82, 2.24) is 4.98 Å². The number of nitrogens with one attached hydrogen (secondary N) is 2. The molecule has 0 fully saturated rings. The highest BCUT2D eigenvalue weighted by molar-refractivity contribution is 6.04. The average molecular weight is 450 g/mol. The fourth-order valence-electron chi connectivity index (χ4n) is 3.06. The van der Waals surface area contributed by atoms with Gasteiger partial charge in [0.2, 0.25) is 11.7 Å². The summed E-state index contributed by atoms with van der Waals surface area (Å²) >= 11 is 0. The molecule has 9 heteroatoms. The Bertz CT molecular complexity index is 1140. The third-order valence-corrected chi connectivity index (χ3v) is 4.70. The molecule has 1 heterocycles. The molecular formula is C24H26N4O5. The first-order chi connectivity index (χ1) is 16.0. The molecule has 0 saturated heterocycles. The van der Waals surface area contributed by atoms with Gasteiger partial charge in [0.15, 0.2) is 11.5 Å². The molecule has 0 bridgehead atoms. The molecule has 3 aromatic rings. The number of anilines is 4. The molecule has 1 amide bonds. The number of hydrogen-bond acceptors (Lipinski definition) is 8. The zero-order valence-corrected chi connectivity index (χ0v) is 18.8. The van der Waals surface area contributed by atoms with Crippen molar-refractivity contribution in [2.75, 3.05) is 44.8 Å². The van der Waals surface area contributed by atoms with Crippen molar-refractivity contribution in [2.45, 2.75) is 0 Å². The standard InChI is InChI=1S/C24H26N4O5/c1-30-17-8-9-18(25)19(14-17)28-22(29)10-7-15-6-5-11-26-24(15)27-16-12-20(31-2)23(33-4)21(13-16)32-3/h5-14H,25H2,1-4H3,(H,26,27)(H,28,29)/b10-7+. The van der Waals surface area contributed by atoms with Gasteiger partial charge in [-0.1, -0.05) is 0 Å². The minimum Gasteiger partial charge on any atom is -0.497 e. The second-order valence-electron chi connectivity index (χ2n) is 6.76. The van der Waals surface area contributed by atoms with Crippen LogP contribution in [0.15, 0.2) is 54.7 Å². The molecule has 0 atom stereocenters. The minimum absolute atomic E-state index is 0.349. The van der Waals surface area contributed by atoms with Gasteiger partial charge in [-0.2, -0.15) is 0 Å². The number of pyridine rings is 1. The van der Waals surface area contributed by atoms with E-state index in [-0.39, 0.29) is 5.91 Å². The second kappa shape index (κ2) is 10.8. The lowest BCUT2D eigenvalue weighted by Crippen LogP contribution is -2.10. The highest BCUT2D eigenvalue weighted by Gasteiger charge is 2.14. The molecule has 1 aromatic heterocycles. The van der Waals surface area contributed by atoms with Crippen molar-refractivity contribution in [2.24, 2.45) is 0 Å². The summed E-state index contributed by atoms with van der Waals surface area (Å²) in [6.07, 6.45) is 4.70. The third kappa shape index (κ3) is 5.65. The number of rotatable bonds is 9. The van der Waals surface area contributed by atoms with Crippen LogP contribution in [0.4, 0.5) is 22.9 Å². The number of amides is 1. The van der Waals surface area contributed by atoms with E-state index in [9.17, 15) is 4.79 Å². The van der Waals surface area contributed by atoms with Gasteiger partial charge in [-0.3, -0.25) is 4.79 Å². The summed E-state index contributed by atoms with van der Waals surface area (Å²) in [5, 5.41) is 5.97. The van der Waals surface area contributed by atoms with Crippen LogP contribution in [-0.4, -0.2) is 39.3 Å². The molecule has 0 aliphatic heterocycles. The average Bonchev–Trinajstić information content (AvgIpc) is 2.84. The lowest BCUT2D eigenvalue weighted by molar-refractivity contribution is -0.111. The van der Waals surface area contributed by atoms with E-state index in [0.29, 0.717) is 51.4 Å². The van der Waals surface area contributed by atoms with E-state index in [4.69, 9.17) is 24.7 Å². The number of methoxy groups -OCH3 is 4. The summed E-state index contributed by atoms with van der Waals surface area (Å²) in [5.41, 5.74) is 8.20. The number of hydrogen-bond donors (Lipinski definition) is 3. The lowest BCUT2D eigenvalue weighted by Gasteiger charge is -2.15. The van der Waals surface area contributed by atoms with Gasteiger partial charge in [-0.15, -0.1) is 0 Å². The summed E-state index contributed by atoms with van der Waals surface area (Å²) in [6, 6.07) is 12.2. The summed E-state index contributed by atoms with van der Waals surface area (Å²) in [6.45, 7) is 0. The zero-order valence-electron chi connectivity index (χ0n) is 18.8. The van der Waals surface area contributed by atoms with Crippen LogP contribution in [0, 0.1) is 0 Å². The molecule has 0 saturated carbocycles. The maximum absolute atomic E-state index is 12.5. The predicted octanol–water partition coefficient (Wildman–Crippen LogP) is 4.09. The number of ether oxygens (including phenoxy) is 4. The van der Waals surface area contributed by atoms with E-state index in [2.05, 4.69) is 15.6 Å². The van der Waals surface area contributed by atoms with E-state index < -0.39 is 0 Å². The third-order valence-electron chi connectivity index (χ3n) is 4.70. The van der Waals surface area contributed by atoms with Crippen molar-refractivity contribution in [3.8, 4) is 23.0 Å². The number of carbonyl (C=O) groups excluding carboxylic acids is 1. The van der Waals surface area contributed by atoms with Crippen LogP contribution >= 0.6 is 0 Å². The van der Waals surface area contributed by atoms with Gasteiger partial charge in [-0.25, -0.2) is 4.98 Å². The molecule has 172 valence electrons. The van der Waals surface area contributed by atoms with Crippen LogP contribution < -0.4 is 35.3 Å². The Morgan fingerprint density at radius 1 is 0.970 bits per heavy atom. The Morgan fingerprint density at radius 2 is 1.70 bits per heavy atom. The van der Waals surface area contributed by atoms with Gasteiger partial charge in [-0.05, 0) is 30.3 Å². The van der Waals surface area contributed by atoms with Crippen LogP contribution in [0.5, 0.6) is 23.0 Å². The van der Waals surface area contributed by atoms with Crippen LogP contribution in [0.25, 0.3) is 6.08 Å². The molecule has 4 N–H and O–H groups in total. The fourth-order valence-corrected chi connectivity index (χ4v) is 3.06. The number of nitrogen functional groups attached to an aromatic ring is 1. The maximum Gasteiger partial charge on any atom is 0.248 e. The van der Waals surface area contributed by atoms with Gasteiger partial charge < -0.3 is 35.3 Å². The Morgan fingerprint density at radius 3 is 2.33 bits per heavy atom. The molecule has 0 aliphatic carbocycles. The van der Waals surface area contributed by atoms with Crippen LogP contribution in [0.3, 0.4) is 0 Å². The highest BCUT2D eigenvalue weighted by atomic mass is 16.5. The molecule has 0 unspecified atom stereocenters. The van der Waals surface area contributed by atoms with E-state index >= 15 is 0 Å². The van der Waals surface area contributed by atoms with Gasteiger partial charge in [0.25, 0.3) is 0 Å². The van der Waals surface area contributed by atoms with E-state index in [0.717, 1.165) is 0 Å². The van der Waals surface area contributed by atoms with Gasteiger partial charge in [0.1, 0.15) is 11.6 Å². The van der Waals surface area contributed by atoms with Gasteiger partial charge in [0, 0.05) is 41.7 Å². The van der Waals surface area contributed by atoms with E-state index in [1.54, 1.807) is 77.1 Å². The van der Waals surface area contributed by atoms with Crippen molar-refractivity contribution < 1.29 is 23.7 Å². The van der Waals surface area contributed by atoms with Crippen molar-refractivity contribution in [3.05, 3.63) is 60.3 Å². The van der Waals surface area contributed by atoms with Gasteiger partial charge >= 0.3 is 0 Å². The number of benzene rings is 2. The van der Waals surface area contributed by atoms with Crippen molar-refractivity contribution >= 4 is 34.9 Å². The Balaban J connectivity index is 1.81. The van der Waals surface area contributed by atoms with Crippen LogP contribution in [0.1, 0.15) is 5.56 Å². The van der Waals surface area contributed by atoms with Gasteiger partial charge in [0.05, 0.1) is 39.8 Å². The van der Waals surface area contributed by atoms with Crippen molar-refractivity contribution in [1.29, 1.82) is 0 Å². The molecule has 33 heavy (non-hydrogen) atoms. The quantitative estimate of drug-likeness (QED) is 0.330. The predicted molar refractivity (Wildman–Crippen MR) is 129 cm³/mol. The second-order valence-corrected chi connectivity index (χ2v) is 6.76. The zero-order chi connectivity index (χ0) is 23.8. The first-order valence-corrected chi connectivity index (χ1v) is 9.93. The Labute approximate surface area is 192 Å². The summed E-state index contributed by atoms with van der Waals surface area (Å²) in [5.74, 6) is 2.27. The number of aromatic nitrogens is 1. The highest BCUT2D eigenvalue weighted by Crippen LogP contribution is 2.40. The lowest BCUT2D eigenvalue weighted by atomic mass is 10.2. The van der Waals surface area contributed by atoms with E-state index in [1.165, 1.54) is 6.08 Å². The smallest absolute Gasteiger partial charge is 0.248 e. The first kappa shape index (κ1) is 23.3. The summed E-state index contributed by atoms with van der Waals surface area (Å²) in [7, 11) is 6.18. The van der Waals surface area contributed by atoms with Crippen LogP contribution in [0.2, 0.25) is 0 Å². The Kier molecular flexibility index (Phi) is 7.59. The molecule has 0 radical (unpaired) electrons. The summed E-state index contributed by atoms with van der Waals surface area (Å²) < 4.78 is 21.3. The maximum atomic E-state index is 12.5. The first-order valence-electron chi connectivity index (χ1n) is 9.93. The summed E-state index contributed by atoms with van der Waals surface area (Å²) in [4.78, 5) is 16.8. The largest absolute Gasteiger partial charge is 0.497 e. The molecule has 9 nitrogen and oxygen atoms in total. The molecule has 0 spiro atoms. The van der Waals surface area contributed by atoms with Crippen LogP contribution in [-0.2, 0) is 4.79 Å². The normalized spacial score (nSPS) is 10.5. The number of nitrogens with zero attached hydrogens (tertiary/aromatic N) is 1. The molecule has 2 aromatic carbocycles. The number of carbonyl (C=O) groups is 1. The monoisotopic (exact) mass is 450 g/mol. The fraction of sp³-hybridized carbons (Fsp3) is 0.167. The SMILES string of the molecule is COc1ccc(N)c(NC(=O)/C=C/c2cccnc2Nc2cc(OC)c(OC)c(OC)c2)c1. The topological polar surface area (TPSA) is 117 Å². The molecule has 0 aliphatic rings. The molecular weight excluding hydrogens is 424 g/mol. The van der Waals surface area contributed by atoms with E-state index in [1.807, 2.05) is 6.07 Å².